The van der Waals surface area contributed by atoms with E-state index < -0.39 is 11.9 Å². The molecule has 0 spiro atoms. The summed E-state index contributed by atoms with van der Waals surface area (Å²) in [5, 5.41) is 21.1. The van der Waals surface area contributed by atoms with Crippen LogP contribution in [0.1, 0.15) is 16.1 Å². The maximum atomic E-state index is 12.5. The molecule has 0 saturated heterocycles. The number of methoxy groups -OCH3 is 1. The monoisotopic (exact) mass is 387 g/mol. The molecule has 0 aliphatic rings. The molecule has 0 unspecified atom stereocenters. The summed E-state index contributed by atoms with van der Waals surface area (Å²) < 4.78 is 6.98. The molecule has 3 aromatic rings. The number of amides is 1. The lowest BCUT2D eigenvalue weighted by Gasteiger charge is -2.09. The van der Waals surface area contributed by atoms with E-state index in [1.807, 2.05) is 41.1 Å². The van der Waals surface area contributed by atoms with E-state index in [-0.39, 0.29) is 11.1 Å². The average Bonchev–Trinajstić information content (AvgIpc) is 3.20. The van der Waals surface area contributed by atoms with E-state index in [2.05, 4.69) is 5.32 Å². The molecule has 0 saturated carbocycles. The lowest BCUT2D eigenvalue weighted by atomic mass is 10.1. The van der Waals surface area contributed by atoms with Crippen molar-refractivity contribution in [3.8, 4) is 17.5 Å². The van der Waals surface area contributed by atoms with Crippen LogP contribution in [0.3, 0.4) is 0 Å². The molecular formula is C22H17N3O4. The van der Waals surface area contributed by atoms with Crippen molar-refractivity contribution in [1.82, 2.24) is 4.57 Å². The topological polar surface area (TPSA) is 104 Å². The Bertz CT molecular complexity index is 1120. The lowest BCUT2D eigenvalue weighted by molar-refractivity contribution is -0.112. The zero-order chi connectivity index (χ0) is 20.8. The molecule has 1 heterocycles. The Morgan fingerprint density at radius 2 is 1.90 bits per heavy atom. The largest absolute Gasteiger partial charge is 0.497 e. The number of carboxylic acids is 1. The van der Waals surface area contributed by atoms with Gasteiger partial charge in [0.25, 0.3) is 5.91 Å². The summed E-state index contributed by atoms with van der Waals surface area (Å²) in [6.07, 6.45) is 3.29. The molecule has 0 radical (unpaired) electrons. The van der Waals surface area contributed by atoms with Crippen LogP contribution in [0.5, 0.6) is 5.75 Å². The van der Waals surface area contributed by atoms with Crippen LogP contribution >= 0.6 is 0 Å². The zero-order valence-corrected chi connectivity index (χ0v) is 15.5. The first-order valence-electron chi connectivity index (χ1n) is 8.60. The van der Waals surface area contributed by atoms with Crippen LogP contribution in [0.25, 0.3) is 11.8 Å². The summed E-state index contributed by atoms with van der Waals surface area (Å²) in [5.41, 5.74) is 1.70. The zero-order valence-electron chi connectivity index (χ0n) is 15.5. The van der Waals surface area contributed by atoms with Crippen LogP contribution < -0.4 is 10.1 Å². The highest BCUT2D eigenvalue weighted by atomic mass is 16.5. The number of anilines is 1. The molecule has 29 heavy (non-hydrogen) atoms. The Hall–Kier alpha value is -4.31. The summed E-state index contributed by atoms with van der Waals surface area (Å²) in [4.78, 5) is 23.6. The van der Waals surface area contributed by atoms with Crippen molar-refractivity contribution >= 4 is 23.6 Å². The molecule has 1 aromatic heterocycles. The van der Waals surface area contributed by atoms with Crippen LogP contribution in [-0.4, -0.2) is 28.7 Å². The molecule has 0 aliphatic heterocycles. The van der Waals surface area contributed by atoms with Gasteiger partial charge in [-0.2, -0.15) is 5.26 Å². The molecule has 144 valence electrons. The third-order valence-electron chi connectivity index (χ3n) is 4.16. The van der Waals surface area contributed by atoms with Crippen LogP contribution in [-0.2, 0) is 4.79 Å². The number of rotatable bonds is 6. The molecule has 0 fully saturated rings. The van der Waals surface area contributed by atoms with Gasteiger partial charge in [0, 0.05) is 23.3 Å². The van der Waals surface area contributed by atoms with E-state index in [4.69, 9.17) is 9.84 Å². The molecule has 0 atom stereocenters. The van der Waals surface area contributed by atoms with Gasteiger partial charge in [0.15, 0.2) is 0 Å². The number of carboxylic acid groups (broad SMARTS) is 1. The Morgan fingerprint density at radius 3 is 2.55 bits per heavy atom. The van der Waals surface area contributed by atoms with Crippen molar-refractivity contribution in [2.75, 3.05) is 12.4 Å². The SMILES string of the molecule is COc1ccc(-n2cccc2/C=C(/C#N)C(=O)Nc2cccc(C(=O)O)c2)cc1. The van der Waals surface area contributed by atoms with Crippen molar-refractivity contribution in [3.05, 3.63) is 83.7 Å². The van der Waals surface area contributed by atoms with Gasteiger partial charge in [-0.15, -0.1) is 0 Å². The second-order valence-electron chi connectivity index (χ2n) is 6.01. The summed E-state index contributed by atoms with van der Waals surface area (Å²) in [7, 11) is 1.59. The average molecular weight is 387 g/mol. The van der Waals surface area contributed by atoms with Crippen LogP contribution in [0, 0.1) is 11.3 Å². The highest BCUT2D eigenvalue weighted by Crippen LogP contribution is 2.19. The molecule has 3 rings (SSSR count). The normalized spacial score (nSPS) is 10.8. The number of aromatic nitrogens is 1. The van der Waals surface area contributed by atoms with Gasteiger partial charge in [-0.3, -0.25) is 4.79 Å². The van der Waals surface area contributed by atoms with Crippen molar-refractivity contribution in [3.63, 3.8) is 0 Å². The number of nitrogens with one attached hydrogen (secondary N) is 1. The number of aromatic carboxylic acids is 1. The van der Waals surface area contributed by atoms with Crippen molar-refractivity contribution in [1.29, 1.82) is 5.26 Å². The molecule has 7 nitrogen and oxygen atoms in total. The third-order valence-corrected chi connectivity index (χ3v) is 4.16. The minimum Gasteiger partial charge on any atom is -0.497 e. The maximum absolute atomic E-state index is 12.5. The number of nitriles is 1. The third kappa shape index (κ3) is 4.51. The molecule has 1 amide bonds. The van der Waals surface area contributed by atoms with Gasteiger partial charge < -0.3 is 19.7 Å². The number of nitrogens with zero attached hydrogens (tertiary/aromatic N) is 2. The van der Waals surface area contributed by atoms with E-state index in [0.29, 0.717) is 11.4 Å². The highest BCUT2D eigenvalue weighted by molar-refractivity contribution is 6.09. The molecule has 2 aromatic carbocycles. The summed E-state index contributed by atoms with van der Waals surface area (Å²) in [5.74, 6) is -1.01. The van der Waals surface area contributed by atoms with Gasteiger partial charge in [0.05, 0.1) is 12.7 Å². The van der Waals surface area contributed by atoms with Crippen molar-refractivity contribution < 1.29 is 19.4 Å². The maximum Gasteiger partial charge on any atom is 0.335 e. The Labute approximate surface area is 167 Å². The number of benzene rings is 2. The van der Waals surface area contributed by atoms with Crippen LogP contribution in [0.2, 0.25) is 0 Å². The highest BCUT2D eigenvalue weighted by Gasteiger charge is 2.12. The fourth-order valence-electron chi connectivity index (χ4n) is 2.71. The van der Waals surface area contributed by atoms with Crippen molar-refractivity contribution in [2.24, 2.45) is 0 Å². The first-order chi connectivity index (χ1) is 14.0. The molecule has 0 aliphatic carbocycles. The fraction of sp³-hybridized carbons (Fsp3) is 0.0455. The second-order valence-corrected chi connectivity index (χ2v) is 6.01. The van der Waals surface area contributed by atoms with Crippen LogP contribution in [0.15, 0.2) is 72.4 Å². The van der Waals surface area contributed by atoms with Gasteiger partial charge in [0.1, 0.15) is 17.4 Å². The number of hydrogen-bond acceptors (Lipinski definition) is 4. The van der Waals surface area contributed by atoms with E-state index >= 15 is 0 Å². The summed E-state index contributed by atoms with van der Waals surface area (Å²) >= 11 is 0. The lowest BCUT2D eigenvalue weighted by Crippen LogP contribution is -2.14. The number of carbonyl (C=O) groups excluding carboxylic acids is 1. The van der Waals surface area contributed by atoms with E-state index in [9.17, 15) is 14.9 Å². The van der Waals surface area contributed by atoms with Gasteiger partial charge in [-0.25, -0.2) is 4.79 Å². The predicted octanol–water partition coefficient (Wildman–Crippen LogP) is 3.73. The predicted molar refractivity (Wildman–Crippen MR) is 108 cm³/mol. The smallest absolute Gasteiger partial charge is 0.335 e. The summed E-state index contributed by atoms with van der Waals surface area (Å²) in [6, 6.07) is 18.6. The molecular weight excluding hydrogens is 370 g/mol. The Balaban J connectivity index is 1.86. The summed E-state index contributed by atoms with van der Waals surface area (Å²) in [6.45, 7) is 0. The van der Waals surface area contributed by atoms with Gasteiger partial charge in [0.2, 0.25) is 0 Å². The van der Waals surface area contributed by atoms with Crippen LogP contribution in [0.4, 0.5) is 5.69 Å². The Morgan fingerprint density at radius 1 is 1.14 bits per heavy atom. The van der Waals surface area contributed by atoms with E-state index in [1.54, 1.807) is 25.3 Å². The number of hydrogen-bond donors (Lipinski definition) is 2. The molecule has 2 N–H and O–H groups in total. The fourth-order valence-corrected chi connectivity index (χ4v) is 2.71. The molecule has 0 bridgehead atoms. The van der Waals surface area contributed by atoms with E-state index in [0.717, 1.165) is 11.4 Å². The quantitative estimate of drug-likeness (QED) is 0.495. The standard InChI is InChI=1S/C22H17N3O4/c1-29-20-9-7-18(8-10-20)25-11-3-6-19(25)13-16(14-23)21(26)24-17-5-2-4-15(12-17)22(27)28/h2-13H,1H3,(H,24,26)(H,27,28)/b16-13-. The van der Waals surface area contributed by atoms with Gasteiger partial charge in [-0.1, -0.05) is 6.07 Å². The van der Waals surface area contributed by atoms with Gasteiger partial charge in [-0.05, 0) is 60.7 Å². The van der Waals surface area contributed by atoms with E-state index in [1.165, 1.54) is 24.3 Å². The number of carbonyl (C=O) groups is 2. The van der Waals surface area contributed by atoms with Gasteiger partial charge >= 0.3 is 5.97 Å². The number of ether oxygens (including phenoxy) is 1. The first kappa shape index (κ1) is 19.5. The second kappa shape index (κ2) is 8.59. The first-order valence-corrected chi connectivity index (χ1v) is 8.60. The van der Waals surface area contributed by atoms with Crippen molar-refractivity contribution in [2.45, 2.75) is 0 Å². The molecule has 7 heteroatoms. The Kier molecular flexibility index (Phi) is 5.76. The minimum absolute atomic E-state index is 0.0404. The minimum atomic E-state index is -1.10.